The Kier molecular flexibility index (Phi) is 3.26. The van der Waals surface area contributed by atoms with Crippen LogP contribution in [0, 0.1) is 5.92 Å². The van der Waals surface area contributed by atoms with Crippen LogP contribution in [0.3, 0.4) is 0 Å². The third kappa shape index (κ3) is 2.54. The van der Waals surface area contributed by atoms with Crippen LogP contribution >= 0.6 is 0 Å². The number of nitrogen functional groups attached to an aromatic ring is 1. The third-order valence-corrected chi connectivity index (χ3v) is 3.48. The predicted molar refractivity (Wildman–Crippen MR) is 65.3 cm³/mol. The molecule has 1 fully saturated rings. The normalized spacial score (nSPS) is 24.5. The molecule has 5 heteroatoms. The first-order valence-electron chi connectivity index (χ1n) is 6.00. The molecule has 0 saturated heterocycles. The molecule has 0 aromatic carbocycles. The Bertz CT molecular complexity index is 425. The lowest BCUT2D eigenvalue weighted by molar-refractivity contribution is 0.100. The van der Waals surface area contributed by atoms with Gasteiger partial charge in [-0.3, -0.25) is 4.79 Å². The van der Waals surface area contributed by atoms with Crippen molar-refractivity contribution in [3.63, 3.8) is 0 Å². The summed E-state index contributed by atoms with van der Waals surface area (Å²) in [6.07, 6.45) is 6.03. The Balaban J connectivity index is 2.17. The summed E-state index contributed by atoms with van der Waals surface area (Å²) in [6.45, 7) is 2.27. The van der Waals surface area contributed by atoms with E-state index in [1.165, 1.54) is 19.0 Å². The molecule has 1 aromatic rings. The Morgan fingerprint density at radius 3 is 2.53 bits per heavy atom. The zero-order valence-electron chi connectivity index (χ0n) is 10.0. The molecule has 0 atom stereocenters. The van der Waals surface area contributed by atoms with Crippen LogP contribution < -0.4 is 11.5 Å². The van der Waals surface area contributed by atoms with E-state index in [0.717, 1.165) is 24.6 Å². The standard InChI is InChI=1S/C12H18N4O/c1-7-2-4-8(5-3-7)12-15-6-9(11(14)17)10(13)16-12/h6-8H,2-5H2,1H3,(H2,14,17)(H2,13,15,16). The largest absolute Gasteiger partial charge is 0.383 e. The summed E-state index contributed by atoms with van der Waals surface area (Å²) in [7, 11) is 0. The first-order valence-corrected chi connectivity index (χ1v) is 6.00. The zero-order valence-corrected chi connectivity index (χ0v) is 10.0. The van der Waals surface area contributed by atoms with E-state index in [0.29, 0.717) is 5.92 Å². The van der Waals surface area contributed by atoms with Crippen molar-refractivity contribution < 1.29 is 4.79 Å². The fraction of sp³-hybridized carbons (Fsp3) is 0.583. The molecule has 0 bridgehead atoms. The molecule has 92 valence electrons. The second kappa shape index (κ2) is 4.69. The van der Waals surface area contributed by atoms with Crippen molar-refractivity contribution in [1.29, 1.82) is 0 Å². The molecule has 0 aliphatic heterocycles. The molecule has 1 aliphatic carbocycles. The molecular weight excluding hydrogens is 216 g/mol. The maximum atomic E-state index is 11.0. The molecule has 4 N–H and O–H groups in total. The number of carbonyl (C=O) groups is 1. The Morgan fingerprint density at radius 1 is 1.35 bits per heavy atom. The monoisotopic (exact) mass is 234 g/mol. The fourth-order valence-corrected chi connectivity index (χ4v) is 2.31. The maximum Gasteiger partial charge on any atom is 0.254 e. The molecular formula is C12H18N4O. The van der Waals surface area contributed by atoms with Gasteiger partial charge in [0.25, 0.3) is 5.91 Å². The summed E-state index contributed by atoms with van der Waals surface area (Å²) in [4.78, 5) is 19.4. The first kappa shape index (κ1) is 11.8. The molecule has 1 aliphatic rings. The van der Waals surface area contributed by atoms with Gasteiger partial charge in [-0.1, -0.05) is 19.8 Å². The third-order valence-electron chi connectivity index (χ3n) is 3.48. The van der Waals surface area contributed by atoms with Gasteiger partial charge in [-0.05, 0) is 18.8 Å². The number of aromatic nitrogens is 2. The number of nitrogens with zero attached hydrogens (tertiary/aromatic N) is 2. The van der Waals surface area contributed by atoms with E-state index in [1.54, 1.807) is 0 Å². The molecule has 0 spiro atoms. The van der Waals surface area contributed by atoms with Crippen LogP contribution in [-0.2, 0) is 0 Å². The fourth-order valence-electron chi connectivity index (χ4n) is 2.31. The van der Waals surface area contributed by atoms with E-state index in [2.05, 4.69) is 16.9 Å². The van der Waals surface area contributed by atoms with Crippen molar-refractivity contribution in [3.05, 3.63) is 17.6 Å². The average Bonchev–Trinajstić information content (AvgIpc) is 2.29. The number of anilines is 1. The summed E-state index contributed by atoms with van der Waals surface area (Å²) < 4.78 is 0. The van der Waals surface area contributed by atoms with E-state index >= 15 is 0 Å². The van der Waals surface area contributed by atoms with E-state index in [4.69, 9.17) is 11.5 Å². The van der Waals surface area contributed by atoms with Gasteiger partial charge in [0.2, 0.25) is 0 Å². The van der Waals surface area contributed by atoms with E-state index in [1.807, 2.05) is 0 Å². The average molecular weight is 234 g/mol. The summed E-state index contributed by atoms with van der Waals surface area (Å²) in [6, 6.07) is 0. The first-order chi connectivity index (χ1) is 8.08. The van der Waals surface area contributed by atoms with Gasteiger partial charge in [0.15, 0.2) is 0 Å². The highest BCUT2D eigenvalue weighted by atomic mass is 16.1. The number of primary amides is 1. The number of rotatable bonds is 2. The Hall–Kier alpha value is -1.65. The lowest BCUT2D eigenvalue weighted by Gasteiger charge is -2.25. The molecule has 0 radical (unpaired) electrons. The molecule has 1 aromatic heterocycles. The van der Waals surface area contributed by atoms with Crippen molar-refractivity contribution in [2.24, 2.45) is 11.7 Å². The minimum Gasteiger partial charge on any atom is -0.383 e. The van der Waals surface area contributed by atoms with Gasteiger partial charge < -0.3 is 11.5 Å². The van der Waals surface area contributed by atoms with Crippen LogP contribution in [0.25, 0.3) is 0 Å². The van der Waals surface area contributed by atoms with Gasteiger partial charge in [-0.15, -0.1) is 0 Å². The van der Waals surface area contributed by atoms with Gasteiger partial charge in [-0.2, -0.15) is 0 Å². The van der Waals surface area contributed by atoms with Crippen molar-refractivity contribution in [2.75, 3.05) is 5.73 Å². The molecule has 0 unspecified atom stereocenters. The van der Waals surface area contributed by atoms with Crippen molar-refractivity contribution in [1.82, 2.24) is 9.97 Å². The molecule has 2 rings (SSSR count). The van der Waals surface area contributed by atoms with Crippen LogP contribution in [0.4, 0.5) is 5.82 Å². The van der Waals surface area contributed by atoms with Crippen LogP contribution in [0.15, 0.2) is 6.20 Å². The molecule has 1 amide bonds. The number of hydrogen-bond acceptors (Lipinski definition) is 4. The van der Waals surface area contributed by atoms with Crippen LogP contribution in [0.5, 0.6) is 0 Å². The van der Waals surface area contributed by atoms with Crippen molar-refractivity contribution >= 4 is 11.7 Å². The van der Waals surface area contributed by atoms with Gasteiger partial charge in [0, 0.05) is 12.1 Å². The predicted octanol–water partition coefficient (Wildman–Crippen LogP) is 1.45. The Labute approximate surface area is 101 Å². The quantitative estimate of drug-likeness (QED) is 0.809. The zero-order chi connectivity index (χ0) is 12.4. The minimum atomic E-state index is -0.577. The summed E-state index contributed by atoms with van der Waals surface area (Å²) in [5, 5.41) is 0. The smallest absolute Gasteiger partial charge is 0.254 e. The highest BCUT2D eigenvalue weighted by molar-refractivity contribution is 5.96. The van der Waals surface area contributed by atoms with Gasteiger partial charge in [0.1, 0.15) is 11.6 Å². The lowest BCUT2D eigenvalue weighted by atomic mass is 9.82. The molecule has 1 heterocycles. The SMILES string of the molecule is CC1CCC(c2ncc(C(N)=O)c(N)n2)CC1. The maximum absolute atomic E-state index is 11.0. The van der Waals surface area contributed by atoms with Crippen molar-refractivity contribution in [2.45, 2.75) is 38.5 Å². The highest BCUT2D eigenvalue weighted by Crippen LogP contribution is 2.34. The van der Waals surface area contributed by atoms with Crippen LogP contribution in [-0.4, -0.2) is 15.9 Å². The Morgan fingerprint density at radius 2 is 2.00 bits per heavy atom. The lowest BCUT2D eigenvalue weighted by Crippen LogP contribution is -2.18. The highest BCUT2D eigenvalue weighted by Gasteiger charge is 2.22. The minimum absolute atomic E-state index is 0.195. The van der Waals surface area contributed by atoms with Crippen LogP contribution in [0.2, 0.25) is 0 Å². The summed E-state index contributed by atoms with van der Waals surface area (Å²) in [5.74, 6) is 1.52. The second-order valence-corrected chi connectivity index (χ2v) is 4.85. The van der Waals surface area contributed by atoms with Crippen LogP contribution in [0.1, 0.15) is 54.7 Å². The molecule has 1 saturated carbocycles. The number of nitrogens with two attached hydrogens (primary N) is 2. The van der Waals surface area contributed by atoms with Gasteiger partial charge in [0.05, 0.1) is 5.56 Å². The van der Waals surface area contributed by atoms with E-state index in [9.17, 15) is 4.79 Å². The van der Waals surface area contributed by atoms with Gasteiger partial charge >= 0.3 is 0 Å². The van der Waals surface area contributed by atoms with Crippen molar-refractivity contribution in [3.8, 4) is 0 Å². The molecule has 17 heavy (non-hydrogen) atoms. The summed E-state index contributed by atoms with van der Waals surface area (Å²) >= 11 is 0. The summed E-state index contributed by atoms with van der Waals surface area (Å²) in [5.41, 5.74) is 11.1. The number of amides is 1. The number of hydrogen-bond donors (Lipinski definition) is 2. The second-order valence-electron chi connectivity index (χ2n) is 4.85. The number of carbonyl (C=O) groups excluding carboxylic acids is 1. The molecule has 5 nitrogen and oxygen atoms in total. The van der Waals surface area contributed by atoms with E-state index < -0.39 is 5.91 Å². The topological polar surface area (TPSA) is 94.9 Å². The van der Waals surface area contributed by atoms with Gasteiger partial charge in [-0.25, -0.2) is 9.97 Å². The van der Waals surface area contributed by atoms with E-state index in [-0.39, 0.29) is 11.4 Å².